The molecule has 0 radical (unpaired) electrons. The highest BCUT2D eigenvalue weighted by Crippen LogP contribution is 2.25. The lowest BCUT2D eigenvalue weighted by molar-refractivity contribution is -0.127. The number of carbonyl (C=O) groups excluding carboxylic acids is 3. The number of carboxylic acids is 1. The van der Waals surface area contributed by atoms with E-state index in [9.17, 15) is 19.2 Å². The van der Waals surface area contributed by atoms with E-state index in [0.717, 1.165) is 4.90 Å². The number of furan rings is 1. The summed E-state index contributed by atoms with van der Waals surface area (Å²) in [6, 6.07) is 15.0. The largest absolute Gasteiger partial charge is 0.478 e. The molecule has 0 saturated carbocycles. The molecule has 0 unspecified atom stereocenters. The molecule has 2 aromatic carbocycles. The Morgan fingerprint density at radius 2 is 1.85 bits per heavy atom. The molecule has 0 atom stereocenters. The molecule has 3 aromatic rings. The highest BCUT2D eigenvalue weighted by molar-refractivity contribution is 6.30. The van der Waals surface area contributed by atoms with Crippen LogP contribution in [0.25, 0.3) is 17.4 Å². The van der Waals surface area contributed by atoms with Crippen LogP contribution in [0.1, 0.15) is 16.1 Å². The number of anilines is 1. The molecule has 1 aliphatic heterocycles. The minimum atomic E-state index is -1.06. The van der Waals surface area contributed by atoms with Crippen molar-refractivity contribution >= 4 is 47.2 Å². The number of carboxylic acid groups (broad SMARTS) is 1. The van der Waals surface area contributed by atoms with E-state index in [1.165, 1.54) is 18.2 Å². The molecule has 0 aliphatic carbocycles. The first-order chi connectivity index (χ1) is 15.8. The summed E-state index contributed by atoms with van der Waals surface area (Å²) in [6.07, 6.45) is 1.34. The molecule has 2 heterocycles. The van der Waals surface area contributed by atoms with Crippen molar-refractivity contribution in [1.82, 2.24) is 10.2 Å². The number of hydrogen-bond donors (Lipinski definition) is 3. The van der Waals surface area contributed by atoms with E-state index in [-0.39, 0.29) is 17.0 Å². The molecule has 0 spiro atoms. The Kier molecular flexibility index (Phi) is 5.97. The summed E-state index contributed by atoms with van der Waals surface area (Å²) in [4.78, 5) is 49.0. The zero-order chi connectivity index (χ0) is 23.5. The Balaban J connectivity index is 1.45. The van der Waals surface area contributed by atoms with Crippen LogP contribution in [0.5, 0.6) is 0 Å². The van der Waals surface area contributed by atoms with Gasteiger partial charge in [0, 0.05) is 22.3 Å². The Morgan fingerprint density at radius 1 is 1.09 bits per heavy atom. The van der Waals surface area contributed by atoms with Gasteiger partial charge in [-0.2, -0.15) is 0 Å². The van der Waals surface area contributed by atoms with Gasteiger partial charge in [0.2, 0.25) is 5.91 Å². The molecule has 33 heavy (non-hydrogen) atoms. The maximum absolute atomic E-state index is 12.6. The predicted octanol–water partition coefficient (Wildman–Crippen LogP) is 3.83. The molecule has 4 amide bonds. The van der Waals surface area contributed by atoms with Crippen molar-refractivity contribution in [3.63, 3.8) is 0 Å². The minimum Gasteiger partial charge on any atom is -0.478 e. The van der Waals surface area contributed by atoms with Crippen molar-refractivity contribution in [2.45, 2.75) is 0 Å². The number of carbonyl (C=O) groups is 4. The number of halogens is 1. The molecule has 10 heteroatoms. The molecular formula is C23H16ClN3O6. The number of hydrogen-bond acceptors (Lipinski definition) is 5. The summed E-state index contributed by atoms with van der Waals surface area (Å²) >= 11 is 5.81. The summed E-state index contributed by atoms with van der Waals surface area (Å²) in [5.74, 6) is -1.65. The van der Waals surface area contributed by atoms with Crippen LogP contribution in [0.15, 0.2) is 70.8 Å². The van der Waals surface area contributed by atoms with Gasteiger partial charge in [-0.15, -0.1) is 0 Å². The maximum Gasteiger partial charge on any atom is 0.335 e. The fourth-order valence-electron chi connectivity index (χ4n) is 3.13. The van der Waals surface area contributed by atoms with Gasteiger partial charge >= 0.3 is 12.0 Å². The number of imide groups is 1. The predicted molar refractivity (Wildman–Crippen MR) is 119 cm³/mol. The van der Waals surface area contributed by atoms with E-state index < -0.39 is 30.4 Å². The third-order valence-electron chi connectivity index (χ3n) is 4.70. The number of urea groups is 1. The minimum absolute atomic E-state index is 0.0560. The monoisotopic (exact) mass is 465 g/mol. The van der Waals surface area contributed by atoms with Gasteiger partial charge in [0.25, 0.3) is 5.91 Å². The van der Waals surface area contributed by atoms with Crippen LogP contribution in [-0.2, 0) is 9.59 Å². The highest BCUT2D eigenvalue weighted by atomic mass is 35.5. The number of benzene rings is 2. The van der Waals surface area contributed by atoms with Crippen molar-refractivity contribution < 1.29 is 28.7 Å². The van der Waals surface area contributed by atoms with Gasteiger partial charge in [-0.1, -0.05) is 23.7 Å². The second-order valence-electron chi connectivity index (χ2n) is 7.02. The third-order valence-corrected chi connectivity index (χ3v) is 4.95. The summed E-state index contributed by atoms with van der Waals surface area (Å²) in [5.41, 5.74) is 1.07. The van der Waals surface area contributed by atoms with Crippen molar-refractivity contribution in [3.8, 4) is 11.3 Å². The van der Waals surface area contributed by atoms with Crippen molar-refractivity contribution in [2.24, 2.45) is 0 Å². The Bertz CT molecular complexity index is 1300. The van der Waals surface area contributed by atoms with E-state index >= 15 is 0 Å². The molecule has 1 fully saturated rings. The van der Waals surface area contributed by atoms with Gasteiger partial charge in [-0.3, -0.25) is 9.59 Å². The molecular weight excluding hydrogens is 450 g/mol. The molecule has 1 saturated heterocycles. The fraction of sp³-hybridized carbons (Fsp3) is 0.0435. The molecule has 166 valence electrons. The van der Waals surface area contributed by atoms with Crippen molar-refractivity contribution in [3.05, 3.63) is 82.7 Å². The second-order valence-corrected chi connectivity index (χ2v) is 7.46. The first kappa shape index (κ1) is 21.8. The highest BCUT2D eigenvalue weighted by Gasteiger charge is 2.35. The van der Waals surface area contributed by atoms with Crippen LogP contribution in [0.3, 0.4) is 0 Å². The van der Waals surface area contributed by atoms with Gasteiger partial charge < -0.3 is 20.2 Å². The summed E-state index contributed by atoms with van der Waals surface area (Å²) in [6.45, 7) is -0.476. The van der Waals surface area contributed by atoms with E-state index in [4.69, 9.17) is 21.1 Å². The smallest absolute Gasteiger partial charge is 0.335 e. The first-order valence-electron chi connectivity index (χ1n) is 9.64. The summed E-state index contributed by atoms with van der Waals surface area (Å²) < 4.78 is 5.67. The number of nitrogens with zero attached hydrogens (tertiary/aromatic N) is 1. The fourth-order valence-corrected chi connectivity index (χ4v) is 3.25. The van der Waals surface area contributed by atoms with E-state index in [0.29, 0.717) is 22.0 Å². The number of aromatic carboxylic acids is 1. The van der Waals surface area contributed by atoms with Crippen LogP contribution < -0.4 is 10.6 Å². The van der Waals surface area contributed by atoms with E-state index in [2.05, 4.69) is 10.6 Å². The van der Waals surface area contributed by atoms with Crippen LogP contribution in [0, 0.1) is 0 Å². The first-order valence-corrected chi connectivity index (χ1v) is 10.0. The van der Waals surface area contributed by atoms with Gasteiger partial charge in [0.1, 0.15) is 23.8 Å². The van der Waals surface area contributed by atoms with Crippen molar-refractivity contribution in [2.75, 3.05) is 11.9 Å². The van der Waals surface area contributed by atoms with E-state index in [1.807, 2.05) is 0 Å². The van der Waals surface area contributed by atoms with Gasteiger partial charge in [-0.25, -0.2) is 14.5 Å². The summed E-state index contributed by atoms with van der Waals surface area (Å²) in [5, 5.41) is 14.6. The second kappa shape index (κ2) is 9.01. The van der Waals surface area contributed by atoms with Crippen LogP contribution >= 0.6 is 11.6 Å². The Labute approximate surface area is 192 Å². The lowest BCUT2D eigenvalue weighted by Crippen LogP contribution is -2.38. The molecule has 0 bridgehead atoms. The van der Waals surface area contributed by atoms with Crippen LogP contribution in [0.4, 0.5) is 10.5 Å². The normalized spacial score (nSPS) is 14.5. The molecule has 9 nitrogen and oxygen atoms in total. The standard InChI is InChI=1S/C23H16ClN3O6/c24-15-4-6-16(7-5-15)25-20(28)12-27-21(29)18(26-23(27)32)11-17-8-9-19(33-17)13-2-1-3-14(10-13)22(30)31/h1-11H,12H2,(H,25,28)(H,26,32)(H,30,31)/b18-11-. The molecule has 1 aliphatic rings. The molecule has 4 rings (SSSR count). The van der Waals surface area contributed by atoms with Gasteiger partial charge in [0.15, 0.2) is 0 Å². The topological polar surface area (TPSA) is 129 Å². The van der Waals surface area contributed by atoms with Crippen LogP contribution in [-0.4, -0.2) is 40.4 Å². The van der Waals surface area contributed by atoms with Gasteiger partial charge in [0.05, 0.1) is 5.56 Å². The average Bonchev–Trinajstić information content (AvgIpc) is 3.36. The average molecular weight is 466 g/mol. The quantitative estimate of drug-likeness (QED) is 0.375. The van der Waals surface area contributed by atoms with E-state index in [1.54, 1.807) is 48.5 Å². The summed E-state index contributed by atoms with van der Waals surface area (Å²) in [7, 11) is 0. The van der Waals surface area contributed by atoms with Crippen LogP contribution in [0.2, 0.25) is 5.02 Å². The Morgan fingerprint density at radius 3 is 2.58 bits per heavy atom. The Hall–Kier alpha value is -4.37. The lowest BCUT2D eigenvalue weighted by atomic mass is 10.1. The molecule has 1 aromatic heterocycles. The third kappa shape index (κ3) is 4.94. The lowest BCUT2D eigenvalue weighted by Gasteiger charge is -2.11. The number of nitrogens with one attached hydrogen (secondary N) is 2. The SMILES string of the molecule is O=C(CN1C(=O)N/C(=C\c2ccc(-c3cccc(C(=O)O)c3)o2)C1=O)Nc1ccc(Cl)cc1. The van der Waals surface area contributed by atoms with Crippen molar-refractivity contribution in [1.29, 1.82) is 0 Å². The van der Waals surface area contributed by atoms with Gasteiger partial charge in [-0.05, 0) is 48.5 Å². The zero-order valence-corrected chi connectivity index (χ0v) is 17.6. The number of amides is 4. The molecule has 3 N–H and O–H groups in total. The number of rotatable bonds is 6. The maximum atomic E-state index is 12.6. The zero-order valence-electron chi connectivity index (χ0n) is 16.9.